The summed E-state index contributed by atoms with van der Waals surface area (Å²) in [4.78, 5) is 49.7. The van der Waals surface area contributed by atoms with Gasteiger partial charge in [-0.15, -0.1) is 0 Å². The molecule has 1 aromatic carbocycles. The van der Waals surface area contributed by atoms with E-state index in [1.54, 1.807) is 17.8 Å². The Morgan fingerprint density at radius 1 is 0.863 bits per heavy atom. The second-order valence-electron chi connectivity index (χ2n) is 16.8. The molecule has 10 nitrogen and oxygen atoms in total. The Morgan fingerprint density at radius 3 is 2.02 bits per heavy atom. The first-order chi connectivity index (χ1) is 24.3. The summed E-state index contributed by atoms with van der Waals surface area (Å²) in [5, 5.41) is 16.7. The molecule has 1 aliphatic heterocycles. The van der Waals surface area contributed by atoms with Crippen molar-refractivity contribution in [3.8, 4) is 11.4 Å². The van der Waals surface area contributed by atoms with Crippen molar-refractivity contribution in [3.63, 3.8) is 0 Å². The maximum Gasteiger partial charge on any atom is 0.310 e. The molecular weight excluding hydrogens is 640 g/mol. The zero-order valence-corrected chi connectivity index (χ0v) is 31.1. The average Bonchev–Trinajstić information content (AvgIpc) is 3.61. The summed E-state index contributed by atoms with van der Waals surface area (Å²) in [5.41, 5.74) is 1.70. The van der Waals surface area contributed by atoms with Crippen LogP contribution in [0, 0.1) is 23.7 Å². The summed E-state index contributed by atoms with van der Waals surface area (Å²) >= 11 is 0. The molecule has 3 heterocycles. The number of carbonyl (C=O) groups is 3. The molecule has 2 aromatic heterocycles. The van der Waals surface area contributed by atoms with Crippen LogP contribution in [0.4, 0.5) is 0 Å². The number of carbonyl (C=O) groups excluding carboxylic acids is 2. The molecule has 0 bridgehead atoms. The number of aliphatic carboxylic acids is 1. The van der Waals surface area contributed by atoms with Crippen molar-refractivity contribution in [2.24, 2.45) is 23.7 Å². The highest BCUT2D eigenvalue weighted by atomic mass is 16.4. The lowest BCUT2D eigenvalue weighted by Gasteiger charge is -2.42. The van der Waals surface area contributed by atoms with E-state index in [0.29, 0.717) is 17.3 Å². The first-order valence-corrected chi connectivity index (χ1v) is 19.1. The van der Waals surface area contributed by atoms with Gasteiger partial charge in [-0.25, -0.2) is 9.97 Å². The molecule has 6 rings (SSSR count). The van der Waals surface area contributed by atoms with Gasteiger partial charge in [0.1, 0.15) is 5.54 Å². The highest BCUT2D eigenvalue weighted by Gasteiger charge is 2.45. The predicted molar refractivity (Wildman–Crippen MR) is 197 cm³/mol. The van der Waals surface area contributed by atoms with Crippen molar-refractivity contribution in [1.29, 1.82) is 0 Å². The van der Waals surface area contributed by atoms with E-state index in [-0.39, 0.29) is 31.0 Å². The summed E-state index contributed by atoms with van der Waals surface area (Å²) in [5.74, 6) is 1.71. The lowest BCUT2D eigenvalue weighted by atomic mass is 9.68. The molecule has 0 radical (unpaired) electrons. The fourth-order valence-corrected chi connectivity index (χ4v) is 8.61. The summed E-state index contributed by atoms with van der Waals surface area (Å²) in [6.07, 6.45) is 20.9. The number of amides is 2. The SMILES string of the molecule is CCCC1CCC(C2CCC(c3cnc(-c4ccc(CC(C)(NC(=O)c5cnn(C(C)(C)C)c5)C(=O)N5CC(C(=O)O)C5)cc4)nc3)CC2)CC1. The molecule has 1 unspecified atom stereocenters. The van der Waals surface area contributed by atoms with E-state index in [2.05, 4.69) is 17.3 Å². The van der Waals surface area contributed by atoms with Crippen LogP contribution in [0.2, 0.25) is 0 Å². The third-order valence-electron chi connectivity index (χ3n) is 11.9. The molecular formula is C41H56N6O4. The Bertz CT molecular complexity index is 1660. The van der Waals surface area contributed by atoms with Gasteiger partial charge in [0, 0.05) is 43.7 Å². The topological polar surface area (TPSA) is 130 Å². The smallest absolute Gasteiger partial charge is 0.310 e. The number of carboxylic acids is 1. The summed E-state index contributed by atoms with van der Waals surface area (Å²) < 4.78 is 1.71. The Balaban J connectivity index is 1.08. The van der Waals surface area contributed by atoms with Crippen LogP contribution in [0.1, 0.15) is 126 Å². The van der Waals surface area contributed by atoms with Crippen molar-refractivity contribution >= 4 is 17.8 Å². The van der Waals surface area contributed by atoms with E-state index < -0.39 is 23.3 Å². The quantitative estimate of drug-likeness (QED) is 0.216. The van der Waals surface area contributed by atoms with Gasteiger partial charge in [-0.05, 0) is 101 Å². The first kappa shape index (κ1) is 36.7. The number of hydrogen-bond acceptors (Lipinski definition) is 6. The molecule has 2 N–H and O–H groups in total. The molecule has 51 heavy (non-hydrogen) atoms. The van der Waals surface area contributed by atoms with Crippen LogP contribution >= 0.6 is 0 Å². The number of nitrogens with zero attached hydrogens (tertiary/aromatic N) is 5. The van der Waals surface area contributed by atoms with Crippen molar-refractivity contribution in [3.05, 3.63) is 65.7 Å². The van der Waals surface area contributed by atoms with E-state index in [1.807, 2.05) is 57.4 Å². The number of carboxylic acid groups (broad SMARTS) is 1. The van der Waals surface area contributed by atoms with E-state index in [0.717, 1.165) is 28.9 Å². The summed E-state index contributed by atoms with van der Waals surface area (Å²) in [6, 6.07) is 7.79. The Morgan fingerprint density at radius 2 is 1.47 bits per heavy atom. The van der Waals surface area contributed by atoms with Crippen LogP contribution < -0.4 is 5.32 Å². The van der Waals surface area contributed by atoms with Crippen molar-refractivity contribution in [2.75, 3.05) is 13.1 Å². The van der Waals surface area contributed by atoms with Crippen LogP contribution in [0.3, 0.4) is 0 Å². The monoisotopic (exact) mass is 696 g/mol. The number of hydrogen-bond donors (Lipinski definition) is 2. The minimum atomic E-state index is -1.31. The van der Waals surface area contributed by atoms with Crippen LogP contribution in [0.5, 0.6) is 0 Å². The Hall–Kier alpha value is -4.08. The highest BCUT2D eigenvalue weighted by molar-refractivity contribution is 5.99. The van der Waals surface area contributed by atoms with Gasteiger partial charge < -0.3 is 15.3 Å². The zero-order chi connectivity index (χ0) is 36.3. The molecule has 3 aliphatic rings. The number of aromatic nitrogens is 4. The predicted octanol–water partition coefficient (Wildman–Crippen LogP) is 7.25. The van der Waals surface area contributed by atoms with Gasteiger partial charge in [0.15, 0.2) is 5.82 Å². The van der Waals surface area contributed by atoms with Gasteiger partial charge in [0.05, 0.1) is 23.2 Å². The third kappa shape index (κ3) is 8.53. The first-order valence-electron chi connectivity index (χ1n) is 19.1. The van der Waals surface area contributed by atoms with Crippen molar-refractivity contribution in [2.45, 2.75) is 122 Å². The van der Waals surface area contributed by atoms with E-state index >= 15 is 0 Å². The molecule has 2 saturated carbocycles. The van der Waals surface area contributed by atoms with Gasteiger partial charge >= 0.3 is 5.97 Å². The summed E-state index contributed by atoms with van der Waals surface area (Å²) in [7, 11) is 0. The average molecular weight is 697 g/mol. The Labute approximate surface area is 302 Å². The second-order valence-corrected chi connectivity index (χ2v) is 16.8. The molecule has 1 atom stereocenters. The van der Waals surface area contributed by atoms with Crippen molar-refractivity contribution < 1.29 is 19.5 Å². The molecule has 10 heteroatoms. The standard InChI is InChI=1S/C41H56N6O4/c1-6-7-27-8-12-29(13-9-27)30-16-18-31(19-17-30)33-21-42-36(43-22-33)32-14-10-28(11-15-32)20-41(5,39(51)46-24-35(25-46)38(49)50)45-37(48)34-23-44-47(26-34)40(2,3)4/h10-11,14-15,21-23,26-27,29-31,35H,6-9,12-13,16-20,24-25H2,1-5H3,(H,45,48)(H,49,50). The Kier molecular flexibility index (Phi) is 11.0. The highest BCUT2D eigenvalue weighted by Crippen LogP contribution is 2.44. The fraction of sp³-hybridized carbons (Fsp3) is 0.610. The van der Waals surface area contributed by atoms with Gasteiger partial charge in [0.2, 0.25) is 5.91 Å². The van der Waals surface area contributed by atoms with E-state index in [1.165, 1.54) is 80.9 Å². The number of likely N-dealkylation sites (tertiary alicyclic amines) is 1. The van der Waals surface area contributed by atoms with Gasteiger partial charge in [-0.2, -0.15) is 5.10 Å². The molecule has 2 aliphatic carbocycles. The number of nitrogens with one attached hydrogen (secondary N) is 1. The largest absolute Gasteiger partial charge is 0.481 e. The molecule has 2 amide bonds. The zero-order valence-electron chi connectivity index (χ0n) is 31.1. The number of benzene rings is 1. The fourth-order valence-electron chi connectivity index (χ4n) is 8.61. The second kappa shape index (κ2) is 15.3. The van der Waals surface area contributed by atoms with E-state index in [4.69, 9.17) is 9.97 Å². The normalized spacial score (nSPS) is 24.0. The number of rotatable bonds is 11. The molecule has 274 valence electrons. The van der Waals surface area contributed by atoms with Crippen LogP contribution in [0.15, 0.2) is 49.1 Å². The van der Waals surface area contributed by atoms with Crippen LogP contribution in [-0.2, 0) is 21.5 Å². The van der Waals surface area contributed by atoms with Crippen LogP contribution in [0.25, 0.3) is 11.4 Å². The molecule has 3 aromatic rings. The van der Waals surface area contributed by atoms with Gasteiger partial charge in [-0.1, -0.05) is 56.9 Å². The molecule has 0 spiro atoms. The van der Waals surface area contributed by atoms with Gasteiger partial charge in [0.25, 0.3) is 5.91 Å². The van der Waals surface area contributed by atoms with Gasteiger partial charge in [-0.3, -0.25) is 19.1 Å². The maximum atomic E-state index is 13.8. The van der Waals surface area contributed by atoms with E-state index in [9.17, 15) is 19.5 Å². The van der Waals surface area contributed by atoms with Crippen molar-refractivity contribution in [1.82, 2.24) is 30.0 Å². The lowest BCUT2D eigenvalue weighted by Crippen LogP contribution is -2.64. The lowest BCUT2D eigenvalue weighted by molar-refractivity contribution is -0.155. The minimum absolute atomic E-state index is 0.120. The molecule has 3 fully saturated rings. The third-order valence-corrected chi connectivity index (χ3v) is 11.9. The summed E-state index contributed by atoms with van der Waals surface area (Å²) in [6.45, 7) is 10.2. The molecule has 1 saturated heterocycles. The maximum absolute atomic E-state index is 13.8. The van der Waals surface area contributed by atoms with Crippen LogP contribution in [-0.4, -0.2) is 66.2 Å². The minimum Gasteiger partial charge on any atom is -0.481 e.